The molecule has 1 saturated heterocycles. The van der Waals surface area contributed by atoms with Crippen LogP contribution in [-0.2, 0) is 4.74 Å². The van der Waals surface area contributed by atoms with E-state index in [9.17, 15) is 13.2 Å². The van der Waals surface area contributed by atoms with E-state index in [2.05, 4.69) is 28.8 Å². The first kappa shape index (κ1) is 15.7. The second kappa shape index (κ2) is 7.31. The van der Waals surface area contributed by atoms with Crippen molar-refractivity contribution in [3.8, 4) is 0 Å². The Morgan fingerprint density at radius 3 is 2.72 bits per heavy atom. The number of nitrogens with one attached hydrogen (secondary N) is 1. The fraction of sp³-hybridized carbons (Fsp3) is 1.00. The Balaban J connectivity index is 2.16. The zero-order valence-electron chi connectivity index (χ0n) is 11.1. The number of ether oxygens (including phenoxy) is 1. The van der Waals surface area contributed by atoms with Gasteiger partial charge in [0.05, 0.1) is 6.61 Å². The molecule has 1 unspecified atom stereocenters. The van der Waals surface area contributed by atoms with Crippen LogP contribution in [0.3, 0.4) is 0 Å². The third-order valence-electron chi connectivity index (χ3n) is 3.05. The van der Waals surface area contributed by atoms with Gasteiger partial charge in [0.1, 0.15) is 6.61 Å². The third kappa shape index (κ3) is 6.56. The van der Waals surface area contributed by atoms with E-state index in [1.165, 1.54) is 0 Å². The molecule has 6 heteroatoms. The molecule has 0 aromatic rings. The average molecular weight is 268 g/mol. The summed E-state index contributed by atoms with van der Waals surface area (Å²) in [5.74, 6) is 0. The lowest BCUT2D eigenvalue weighted by molar-refractivity contribution is -0.174. The van der Waals surface area contributed by atoms with E-state index in [4.69, 9.17) is 0 Å². The normalized spacial score (nSPS) is 22.0. The van der Waals surface area contributed by atoms with Crippen LogP contribution in [0.2, 0.25) is 0 Å². The molecule has 0 saturated carbocycles. The monoisotopic (exact) mass is 268 g/mol. The molecule has 1 atom stereocenters. The van der Waals surface area contributed by atoms with Gasteiger partial charge in [-0.25, -0.2) is 0 Å². The lowest BCUT2D eigenvalue weighted by Gasteiger charge is -2.25. The first-order valence-corrected chi connectivity index (χ1v) is 6.50. The molecule has 1 aliphatic rings. The summed E-state index contributed by atoms with van der Waals surface area (Å²) < 4.78 is 40.3. The topological polar surface area (TPSA) is 24.5 Å². The van der Waals surface area contributed by atoms with Crippen molar-refractivity contribution in [2.75, 3.05) is 32.8 Å². The average Bonchev–Trinajstić information content (AvgIpc) is 2.67. The largest absolute Gasteiger partial charge is 0.411 e. The van der Waals surface area contributed by atoms with E-state index >= 15 is 0 Å². The van der Waals surface area contributed by atoms with Gasteiger partial charge < -0.3 is 10.1 Å². The Labute approximate surface area is 107 Å². The Morgan fingerprint density at radius 2 is 2.11 bits per heavy atom. The van der Waals surface area contributed by atoms with Crippen LogP contribution in [0.5, 0.6) is 0 Å². The quantitative estimate of drug-likeness (QED) is 0.715. The van der Waals surface area contributed by atoms with Crippen molar-refractivity contribution >= 4 is 0 Å². The summed E-state index contributed by atoms with van der Waals surface area (Å²) in [6, 6.07) is 0.871. The minimum absolute atomic E-state index is 0.150. The summed E-state index contributed by atoms with van der Waals surface area (Å²) in [5, 5.41) is 3.37. The van der Waals surface area contributed by atoms with Gasteiger partial charge in [-0.2, -0.15) is 13.2 Å². The van der Waals surface area contributed by atoms with Crippen LogP contribution in [-0.4, -0.2) is 56.0 Å². The number of nitrogens with zero attached hydrogens (tertiary/aromatic N) is 1. The molecule has 18 heavy (non-hydrogen) atoms. The molecule has 1 fully saturated rings. The second-order valence-corrected chi connectivity index (χ2v) is 5.06. The molecule has 1 heterocycles. The van der Waals surface area contributed by atoms with Crippen molar-refractivity contribution in [1.82, 2.24) is 10.2 Å². The number of halogens is 3. The molecule has 1 rings (SSSR count). The van der Waals surface area contributed by atoms with Crippen LogP contribution in [0, 0.1) is 0 Å². The van der Waals surface area contributed by atoms with Gasteiger partial charge in [-0.15, -0.1) is 0 Å². The van der Waals surface area contributed by atoms with Crippen molar-refractivity contribution in [2.24, 2.45) is 0 Å². The first-order chi connectivity index (χ1) is 8.38. The standard InChI is InChI=1S/C12H23F3N2O/c1-10(2)16-8-11-4-3-5-17(11)6-7-18-9-12(13,14)15/h10-11,16H,3-9H2,1-2H3. The predicted octanol–water partition coefficient (Wildman–Crippen LogP) is 2.03. The Morgan fingerprint density at radius 1 is 1.39 bits per heavy atom. The molecule has 0 amide bonds. The minimum atomic E-state index is -4.22. The summed E-state index contributed by atoms with van der Waals surface area (Å²) in [6.45, 7) is 5.63. The van der Waals surface area contributed by atoms with E-state index in [1.54, 1.807) is 0 Å². The molecule has 108 valence electrons. The van der Waals surface area contributed by atoms with E-state index < -0.39 is 12.8 Å². The number of hydrogen-bond donors (Lipinski definition) is 1. The van der Waals surface area contributed by atoms with E-state index in [-0.39, 0.29) is 6.61 Å². The molecule has 1 N–H and O–H groups in total. The van der Waals surface area contributed by atoms with Gasteiger partial charge >= 0.3 is 6.18 Å². The highest BCUT2D eigenvalue weighted by Gasteiger charge is 2.28. The molecular weight excluding hydrogens is 245 g/mol. The summed E-state index contributed by atoms with van der Waals surface area (Å²) in [7, 11) is 0. The summed E-state index contributed by atoms with van der Waals surface area (Å²) >= 11 is 0. The van der Waals surface area contributed by atoms with Crippen LogP contribution in [0.1, 0.15) is 26.7 Å². The van der Waals surface area contributed by atoms with E-state index in [0.717, 1.165) is 25.9 Å². The predicted molar refractivity (Wildman–Crippen MR) is 64.6 cm³/mol. The first-order valence-electron chi connectivity index (χ1n) is 6.50. The second-order valence-electron chi connectivity index (χ2n) is 5.06. The number of hydrogen-bond acceptors (Lipinski definition) is 3. The highest BCUT2D eigenvalue weighted by Crippen LogP contribution is 2.17. The molecule has 0 radical (unpaired) electrons. The Kier molecular flexibility index (Phi) is 6.38. The van der Waals surface area contributed by atoms with Crippen LogP contribution in [0.15, 0.2) is 0 Å². The highest BCUT2D eigenvalue weighted by molar-refractivity contribution is 4.81. The van der Waals surface area contributed by atoms with E-state index in [0.29, 0.717) is 18.6 Å². The van der Waals surface area contributed by atoms with E-state index in [1.807, 2.05) is 0 Å². The van der Waals surface area contributed by atoms with Crippen LogP contribution < -0.4 is 5.32 Å². The fourth-order valence-electron chi connectivity index (χ4n) is 2.16. The van der Waals surface area contributed by atoms with Crippen LogP contribution in [0.4, 0.5) is 13.2 Å². The van der Waals surface area contributed by atoms with Gasteiger partial charge in [0, 0.05) is 25.2 Å². The molecule has 0 spiro atoms. The number of alkyl halides is 3. The van der Waals surface area contributed by atoms with Crippen molar-refractivity contribution in [2.45, 2.75) is 44.9 Å². The van der Waals surface area contributed by atoms with Crippen molar-refractivity contribution < 1.29 is 17.9 Å². The van der Waals surface area contributed by atoms with Gasteiger partial charge in [-0.1, -0.05) is 13.8 Å². The van der Waals surface area contributed by atoms with Gasteiger partial charge in [0.15, 0.2) is 0 Å². The summed E-state index contributed by atoms with van der Waals surface area (Å²) in [6.07, 6.45) is -1.99. The van der Waals surface area contributed by atoms with Gasteiger partial charge in [-0.05, 0) is 19.4 Å². The fourth-order valence-corrected chi connectivity index (χ4v) is 2.16. The van der Waals surface area contributed by atoms with Crippen LogP contribution in [0.25, 0.3) is 0 Å². The zero-order valence-corrected chi connectivity index (χ0v) is 11.1. The van der Waals surface area contributed by atoms with Gasteiger partial charge in [0.25, 0.3) is 0 Å². The minimum Gasteiger partial charge on any atom is -0.371 e. The maximum Gasteiger partial charge on any atom is 0.411 e. The lowest BCUT2D eigenvalue weighted by atomic mass is 10.2. The van der Waals surface area contributed by atoms with Gasteiger partial charge in [0.2, 0.25) is 0 Å². The summed E-state index contributed by atoms with van der Waals surface area (Å²) in [5.41, 5.74) is 0. The number of rotatable bonds is 7. The SMILES string of the molecule is CC(C)NCC1CCCN1CCOCC(F)(F)F. The lowest BCUT2D eigenvalue weighted by Crippen LogP contribution is -2.41. The maximum absolute atomic E-state index is 11.9. The highest BCUT2D eigenvalue weighted by atomic mass is 19.4. The Hall–Kier alpha value is -0.330. The molecule has 0 aromatic heterocycles. The molecular formula is C12H23F3N2O. The third-order valence-corrected chi connectivity index (χ3v) is 3.05. The van der Waals surface area contributed by atoms with Crippen LogP contribution >= 0.6 is 0 Å². The zero-order chi connectivity index (χ0) is 13.6. The maximum atomic E-state index is 11.9. The molecule has 3 nitrogen and oxygen atoms in total. The molecule has 0 aromatic carbocycles. The Bertz CT molecular complexity index is 234. The molecule has 0 aliphatic carbocycles. The van der Waals surface area contributed by atoms with Gasteiger partial charge in [-0.3, -0.25) is 4.90 Å². The number of likely N-dealkylation sites (tertiary alicyclic amines) is 1. The molecule has 1 aliphatic heterocycles. The smallest absolute Gasteiger partial charge is 0.371 e. The van der Waals surface area contributed by atoms with Crippen molar-refractivity contribution in [3.05, 3.63) is 0 Å². The van der Waals surface area contributed by atoms with Crippen molar-refractivity contribution in [3.63, 3.8) is 0 Å². The van der Waals surface area contributed by atoms with Crippen molar-refractivity contribution in [1.29, 1.82) is 0 Å². The summed E-state index contributed by atoms with van der Waals surface area (Å²) in [4.78, 5) is 2.21. The molecule has 0 bridgehead atoms.